The van der Waals surface area contributed by atoms with E-state index in [0.717, 1.165) is 31.8 Å². The molecule has 1 amide bonds. The molecule has 2 rings (SSSR count). The Hall–Kier alpha value is -1.24. The number of amides is 1. The number of hydrogen-bond donors (Lipinski definition) is 0. The van der Waals surface area contributed by atoms with E-state index in [2.05, 4.69) is 4.98 Å². The van der Waals surface area contributed by atoms with Crippen molar-refractivity contribution in [3.8, 4) is 0 Å². The number of carbonyl (C=O) groups is 1. The molecule has 0 atom stereocenters. The minimum absolute atomic E-state index is 0.0282. The highest BCUT2D eigenvalue weighted by molar-refractivity contribution is 7.99. The van der Waals surface area contributed by atoms with Crippen LogP contribution in [0.25, 0.3) is 0 Å². The van der Waals surface area contributed by atoms with Crippen molar-refractivity contribution in [2.75, 3.05) is 18.8 Å². The van der Waals surface area contributed by atoms with Crippen LogP contribution in [-0.4, -0.2) is 34.6 Å². The molecule has 1 fully saturated rings. The minimum Gasteiger partial charge on any atom is -0.342 e. The van der Waals surface area contributed by atoms with Crippen LogP contribution in [0.3, 0.4) is 0 Å². The Morgan fingerprint density at radius 1 is 1.41 bits per heavy atom. The van der Waals surface area contributed by atoms with Crippen LogP contribution in [-0.2, 0) is 11.0 Å². The summed E-state index contributed by atoms with van der Waals surface area (Å²) < 4.78 is 37.3. The lowest BCUT2D eigenvalue weighted by Gasteiger charge is -2.21. The van der Waals surface area contributed by atoms with Crippen LogP contribution in [0, 0.1) is 5.92 Å². The van der Waals surface area contributed by atoms with Gasteiger partial charge in [-0.2, -0.15) is 13.2 Å². The number of alkyl halides is 3. The predicted molar refractivity (Wildman–Crippen MR) is 79.6 cm³/mol. The van der Waals surface area contributed by atoms with E-state index < -0.39 is 11.7 Å². The van der Waals surface area contributed by atoms with Gasteiger partial charge in [0.15, 0.2) is 0 Å². The Kier molecular flexibility index (Phi) is 5.72. The molecule has 122 valence electrons. The van der Waals surface area contributed by atoms with E-state index in [9.17, 15) is 18.0 Å². The Morgan fingerprint density at radius 2 is 2.14 bits per heavy atom. The third-order valence-corrected chi connectivity index (χ3v) is 4.36. The number of hydrogen-bond acceptors (Lipinski definition) is 3. The van der Waals surface area contributed by atoms with Gasteiger partial charge in [0.25, 0.3) is 0 Å². The number of halogens is 3. The van der Waals surface area contributed by atoms with E-state index in [4.69, 9.17) is 0 Å². The van der Waals surface area contributed by atoms with E-state index in [1.807, 2.05) is 11.8 Å². The highest BCUT2D eigenvalue weighted by Crippen LogP contribution is 2.31. The Bertz CT molecular complexity index is 501. The molecule has 0 saturated heterocycles. The van der Waals surface area contributed by atoms with Gasteiger partial charge in [-0.25, -0.2) is 4.98 Å². The first-order chi connectivity index (χ1) is 10.4. The van der Waals surface area contributed by atoms with Crippen LogP contribution in [0.5, 0.6) is 0 Å². The number of pyridine rings is 1. The van der Waals surface area contributed by atoms with Crippen molar-refractivity contribution in [2.24, 2.45) is 5.92 Å². The van der Waals surface area contributed by atoms with Crippen LogP contribution in [0.2, 0.25) is 0 Å². The third-order valence-electron chi connectivity index (χ3n) is 3.43. The number of carbonyl (C=O) groups excluding carboxylic acids is 1. The Morgan fingerprint density at radius 3 is 2.64 bits per heavy atom. The molecule has 1 heterocycles. The second-order valence-corrected chi connectivity index (χ2v) is 6.45. The molecule has 1 aliphatic rings. The van der Waals surface area contributed by atoms with Crippen molar-refractivity contribution in [1.82, 2.24) is 9.88 Å². The van der Waals surface area contributed by atoms with Crippen LogP contribution in [0.4, 0.5) is 13.2 Å². The average molecular weight is 332 g/mol. The fourth-order valence-corrected chi connectivity index (χ4v) is 2.81. The van der Waals surface area contributed by atoms with Crippen LogP contribution in [0.1, 0.15) is 31.7 Å². The lowest BCUT2D eigenvalue weighted by atomic mass is 10.3. The zero-order chi connectivity index (χ0) is 16.2. The molecule has 0 aromatic carbocycles. The molecule has 0 radical (unpaired) electrons. The van der Waals surface area contributed by atoms with Crippen molar-refractivity contribution in [1.29, 1.82) is 0 Å². The quantitative estimate of drug-likeness (QED) is 0.711. The summed E-state index contributed by atoms with van der Waals surface area (Å²) in [7, 11) is 0. The van der Waals surface area contributed by atoms with Gasteiger partial charge in [0.1, 0.15) is 0 Å². The van der Waals surface area contributed by atoms with Crippen LogP contribution in [0.15, 0.2) is 23.4 Å². The molecule has 0 bridgehead atoms. The predicted octanol–water partition coefficient (Wildman–Crippen LogP) is 3.84. The van der Waals surface area contributed by atoms with Crippen molar-refractivity contribution in [3.63, 3.8) is 0 Å². The summed E-state index contributed by atoms with van der Waals surface area (Å²) >= 11 is 1.18. The van der Waals surface area contributed by atoms with Gasteiger partial charge in [-0.05, 0) is 37.3 Å². The molecule has 7 heteroatoms. The van der Waals surface area contributed by atoms with Gasteiger partial charge in [0.2, 0.25) is 5.91 Å². The van der Waals surface area contributed by atoms with Crippen molar-refractivity contribution in [3.05, 3.63) is 23.9 Å². The van der Waals surface area contributed by atoms with E-state index in [1.54, 1.807) is 0 Å². The molecule has 22 heavy (non-hydrogen) atoms. The van der Waals surface area contributed by atoms with Crippen molar-refractivity contribution >= 4 is 17.7 Å². The monoisotopic (exact) mass is 332 g/mol. The molecule has 0 aliphatic heterocycles. The van der Waals surface area contributed by atoms with Gasteiger partial charge in [0, 0.05) is 19.3 Å². The summed E-state index contributed by atoms with van der Waals surface area (Å²) in [6, 6.07) is 2.31. The molecule has 1 aliphatic carbocycles. The molecule has 1 aromatic heterocycles. The summed E-state index contributed by atoms with van der Waals surface area (Å²) in [4.78, 5) is 17.8. The zero-order valence-corrected chi connectivity index (χ0v) is 13.2. The zero-order valence-electron chi connectivity index (χ0n) is 12.4. The summed E-state index contributed by atoms with van der Waals surface area (Å²) in [6.45, 7) is 3.56. The molecule has 1 saturated carbocycles. The fourth-order valence-electron chi connectivity index (χ4n) is 2.06. The van der Waals surface area contributed by atoms with Gasteiger partial charge in [-0.1, -0.05) is 18.7 Å². The Labute approximate surface area is 132 Å². The van der Waals surface area contributed by atoms with Gasteiger partial charge in [-0.15, -0.1) is 0 Å². The van der Waals surface area contributed by atoms with Gasteiger partial charge in [-0.3, -0.25) is 4.79 Å². The van der Waals surface area contributed by atoms with Gasteiger partial charge < -0.3 is 4.90 Å². The average Bonchev–Trinajstić information content (AvgIpc) is 3.28. The molecule has 1 aromatic rings. The summed E-state index contributed by atoms with van der Waals surface area (Å²) in [5.41, 5.74) is -0.774. The molecular weight excluding hydrogens is 313 g/mol. The normalized spacial score (nSPS) is 14.9. The molecule has 3 nitrogen and oxygen atoms in total. The SMILES string of the molecule is CCCN(CC1CC1)C(=O)CSc1ccc(C(F)(F)F)cn1. The fraction of sp³-hybridized carbons (Fsp3) is 0.600. The summed E-state index contributed by atoms with van der Waals surface area (Å²) in [5, 5.41) is 0.434. The van der Waals surface area contributed by atoms with E-state index in [0.29, 0.717) is 10.9 Å². The lowest BCUT2D eigenvalue weighted by molar-refractivity contribution is -0.138. The first-order valence-corrected chi connectivity index (χ1v) is 8.32. The van der Waals surface area contributed by atoms with E-state index in [1.165, 1.54) is 30.7 Å². The standard InChI is InChI=1S/C15H19F3N2OS/c1-2-7-20(9-11-3-4-11)14(21)10-22-13-6-5-12(8-19-13)15(16,17)18/h5-6,8,11H,2-4,7,9-10H2,1H3. The first-order valence-electron chi connectivity index (χ1n) is 7.34. The topological polar surface area (TPSA) is 33.2 Å². The highest BCUT2D eigenvalue weighted by Gasteiger charge is 2.30. The maximum Gasteiger partial charge on any atom is 0.417 e. The van der Waals surface area contributed by atoms with E-state index in [-0.39, 0.29) is 11.7 Å². The second-order valence-electron chi connectivity index (χ2n) is 5.45. The molecular formula is C15H19F3N2OS. The number of aromatic nitrogens is 1. The Balaban J connectivity index is 1.86. The smallest absolute Gasteiger partial charge is 0.342 e. The summed E-state index contributed by atoms with van der Waals surface area (Å²) in [6.07, 6.45) is -0.307. The lowest BCUT2D eigenvalue weighted by Crippen LogP contribution is -2.34. The minimum atomic E-state index is -4.38. The highest BCUT2D eigenvalue weighted by atomic mass is 32.2. The number of nitrogens with zero attached hydrogens (tertiary/aromatic N) is 2. The maximum absolute atomic E-state index is 12.4. The molecule has 0 unspecified atom stereocenters. The molecule has 0 spiro atoms. The van der Waals surface area contributed by atoms with Crippen LogP contribution < -0.4 is 0 Å². The maximum atomic E-state index is 12.4. The largest absolute Gasteiger partial charge is 0.417 e. The van der Waals surface area contributed by atoms with Crippen molar-refractivity contribution < 1.29 is 18.0 Å². The van der Waals surface area contributed by atoms with Crippen molar-refractivity contribution in [2.45, 2.75) is 37.4 Å². The summed E-state index contributed by atoms with van der Waals surface area (Å²) in [5.74, 6) is 0.871. The van der Waals surface area contributed by atoms with E-state index >= 15 is 0 Å². The molecule has 0 N–H and O–H groups in total. The third kappa shape index (κ3) is 5.19. The number of rotatable bonds is 7. The number of thioether (sulfide) groups is 1. The van der Waals surface area contributed by atoms with Gasteiger partial charge >= 0.3 is 6.18 Å². The first kappa shape index (κ1) is 17.1. The van der Waals surface area contributed by atoms with Gasteiger partial charge in [0.05, 0.1) is 16.3 Å². The second kappa shape index (κ2) is 7.35. The van der Waals surface area contributed by atoms with Crippen LogP contribution >= 0.6 is 11.8 Å².